The highest BCUT2D eigenvalue weighted by molar-refractivity contribution is 6.08. The number of benzene rings is 3. The lowest BCUT2D eigenvalue weighted by atomic mass is 9.90. The van der Waals surface area contributed by atoms with Gasteiger partial charge in [0.1, 0.15) is 24.4 Å². The van der Waals surface area contributed by atoms with Gasteiger partial charge >= 0.3 is 11.9 Å². The van der Waals surface area contributed by atoms with E-state index in [1.807, 2.05) is 12.1 Å². The van der Waals surface area contributed by atoms with Gasteiger partial charge in [0, 0.05) is 47.4 Å². The molecule has 0 radical (unpaired) electrons. The lowest BCUT2D eigenvalue weighted by molar-refractivity contribution is -0.146. The van der Waals surface area contributed by atoms with Gasteiger partial charge in [-0.3, -0.25) is 0 Å². The third kappa shape index (κ3) is 5.82. The summed E-state index contributed by atoms with van der Waals surface area (Å²) in [6, 6.07) is 19.7. The molecule has 0 bridgehead atoms. The largest absolute Gasteiger partial charge is 0.463 e. The number of hydrogen-bond donors (Lipinski definition) is 0. The zero-order valence-electron chi connectivity index (χ0n) is 23.5. The Balaban J connectivity index is 1.98. The van der Waals surface area contributed by atoms with Crippen LogP contribution in [0.25, 0.3) is 33.4 Å². The molecule has 1 aliphatic heterocycles. The summed E-state index contributed by atoms with van der Waals surface area (Å²) in [5, 5.41) is 1.96. The lowest BCUT2D eigenvalue weighted by Crippen LogP contribution is -2.29. The van der Waals surface area contributed by atoms with Gasteiger partial charge in [0.25, 0.3) is 0 Å². The highest BCUT2D eigenvalue weighted by Gasteiger charge is 2.23. The summed E-state index contributed by atoms with van der Waals surface area (Å²) in [5.41, 5.74) is 4.66. The van der Waals surface area contributed by atoms with Gasteiger partial charge in [-0.25, -0.2) is 14.2 Å². The third-order valence-corrected chi connectivity index (χ3v) is 6.99. The minimum atomic E-state index is -0.583. The quantitative estimate of drug-likeness (QED) is 0.152. The second-order valence-corrected chi connectivity index (χ2v) is 9.11. The van der Waals surface area contributed by atoms with Crippen LogP contribution in [-0.4, -0.2) is 51.3 Å². The van der Waals surface area contributed by atoms with Crippen molar-refractivity contribution < 1.29 is 23.5 Å². The standard InChI is InChI=1S/C32H37N2O5/c1-6-33(7-2)22-15-17-26-28(19-22)39-29-20-23(34(8-3)9-4)16-18-27(29)31(26)24-13-11-12-14-25(24)32(36)38-21-30(35)37-10-5/h11-20H,6-10,21H2,1-5H3/q+1. The number of esters is 2. The summed E-state index contributed by atoms with van der Waals surface area (Å²) in [5.74, 6) is -0.431. The number of ether oxygens (including phenoxy) is 2. The van der Waals surface area contributed by atoms with Crippen LogP contribution in [0.3, 0.4) is 0 Å². The Morgan fingerprint density at radius 2 is 1.59 bits per heavy atom. The van der Waals surface area contributed by atoms with Crippen molar-refractivity contribution in [1.29, 1.82) is 0 Å². The Morgan fingerprint density at radius 1 is 0.846 bits per heavy atom. The molecule has 7 nitrogen and oxygen atoms in total. The molecule has 39 heavy (non-hydrogen) atoms. The molecular weight excluding hydrogens is 492 g/mol. The van der Waals surface area contributed by atoms with Crippen molar-refractivity contribution in [1.82, 2.24) is 4.58 Å². The minimum Gasteiger partial charge on any atom is -0.463 e. The average molecular weight is 530 g/mol. The van der Waals surface area contributed by atoms with Crippen molar-refractivity contribution in [2.75, 3.05) is 44.3 Å². The minimum absolute atomic E-state index is 0.226. The van der Waals surface area contributed by atoms with Crippen molar-refractivity contribution in [2.24, 2.45) is 0 Å². The lowest BCUT2D eigenvalue weighted by Gasteiger charge is -2.22. The maximum Gasteiger partial charge on any atom is 0.344 e. The zero-order chi connectivity index (χ0) is 27.9. The van der Waals surface area contributed by atoms with E-state index in [0.717, 1.165) is 65.1 Å². The molecule has 0 fully saturated rings. The van der Waals surface area contributed by atoms with E-state index >= 15 is 0 Å². The first-order valence-corrected chi connectivity index (χ1v) is 13.7. The molecular formula is C32H37N2O5+. The van der Waals surface area contributed by atoms with E-state index in [9.17, 15) is 9.59 Å². The molecule has 4 rings (SSSR count). The predicted octanol–water partition coefficient (Wildman–Crippen LogP) is 5.58. The van der Waals surface area contributed by atoms with E-state index in [1.165, 1.54) is 0 Å². The number of rotatable bonds is 10. The second-order valence-electron chi connectivity index (χ2n) is 9.11. The number of carbonyl (C=O) groups is 2. The van der Waals surface area contributed by atoms with Gasteiger partial charge in [0.15, 0.2) is 6.61 Å². The molecule has 0 aromatic heterocycles. The van der Waals surface area contributed by atoms with Crippen molar-refractivity contribution in [3.63, 3.8) is 0 Å². The number of carbonyl (C=O) groups excluding carboxylic acids is 2. The van der Waals surface area contributed by atoms with Crippen LogP contribution >= 0.6 is 0 Å². The monoisotopic (exact) mass is 529 g/mol. The molecule has 2 aromatic rings. The molecule has 204 valence electrons. The van der Waals surface area contributed by atoms with Gasteiger partial charge in [-0.15, -0.1) is 0 Å². The molecule has 1 heterocycles. The van der Waals surface area contributed by atoms with Gasteiger partial charge in [0.05, 0.1) is 18.2 Å². The molecule has 0 saturated carbocycles. The Kier molecular flexibility index (Phi) is 9.02. The number of hydrogen-bond acceptors (Lipinski definition) is 6. The highest BCUT2D eigenvalue weighted by atomic mass is 16.6. The van der Waals surface area contributed by atoms with Crippen LogP contribution < -0.4 is 14.8 Å². The van der Waals surface area contributed by atoms with Crippen LogP contribution in [0, 0.1) is 0 Å². The van der Waals surface area contributed by atoms with E-state index in [-0.39, 0.29) is 6.61 Å². The van der Waals surface area contributed by atoms with Crippen molar-refractivity contribution in [3.8, 4) is 22.5 Å². The Morgan fingerprint density at radius 3 is 2.28 bits per heavy atom. The first-order valence-electron chi connectivity index (χ1n) is 13.7. The van der Waals surface area contributed by atoms with Gasteiger partial charge < -0.3 is 18.8 Å². The van der Waals surface area contributed by atoms with Gasteiger partial charge in [-0.05, 0) is 64.4 Å². The second kappa shape index (κ2) is 12.6. The predicted molar refractivity (Wildman–Crippen MR) is 155 cm³/mol. The normalized spacial score (nSPS) is 11.0. The molecule has 0 unspecified atom stereocenters. The number of nitrogens with zero attached hydrogens (tertiary/aromatic N) is 2. The molecule has 0 saturated heterocycles. The molecule has 0 amide bonds. The molecule has 2 aromatic carbocycles. The molecule has 1 aliphatic carbocycles. The first-order chi connectivity index (χ1) is 18.9. The van der Waals surface area contributed by atoms with Crippen molar-refractivity contribution in [2.45, 2.75) is 34.6 Å². The Hall–Kier alpha value is -4.13. The van der Waals surface area contributed by atoms with Crippen LogP contribution in [0.2, 0.25) is 0 Å². The molecule has 7 heteroatoms. The zero-order valence-corrected chi connectivity index (χ0v) is 23.5. The highest BCUT2D eigenvalue weighted by Crippen LogP contribution is 2.42. The van der Waals surface area contributed by atoms with Crippen LogP contribution in [0.5, 0.6) is 0 Å². The van der Waals surface area contributed by atoms with E-state index in [1.54, 1.807) is 19.1 Å². The van der Waals surface area contributed by atoms with Gasteiger partial charge in [0.2, 0.25) is 5.36 Å². The van der Waals surface area contributed by atoms with E-state index in [2.05, 4.69) is 73.6 Å². The maximum atomic E-state index is 13.2. The molecule has 0 atom stereocenters. The first kappa shape index (κ1) is 27.9. The Labute approximate surface area is 229 Å². The summed E-state index contributed by atoms with van der Waals surface area (Å²) in [6.07, 6.45) is 0. The summed E-state index contributed by atoms with van der Waals surface area (Å²) >= 11 is 0. The van der Waals surface area contributed by atoms with Crippen LogP contribution in [0.1, 0.15) is 45.0 Å². The summed E-state index contributed by atoms with van der Waals surface area (Å²) in [6.45, 7) is 13.5. The number of fused-ring (bicyclic) bond motifs is 2. The number of anilines is 1. The third-order valence-electron chi connectivity index (χ3n) is 6.99. The van der Waals surface area contributed by atoms with Crippen LogP contribution in [0.4, 0.5) is 5.69 Å². The van der Waals surface area contributed by atoms with Gasteiger partial charge in [-0.2, -0.15) is 0 Å². The van der Waals surface area contributed by atoms with Crippen molar-refractivity contribution in [3.05, 3.63) is 71.6 Å². The maximum absolute atomic E-state index is 13.2. The summed E-state index contributed by atoms with van der Waals surface area (Å²) in [4.78, 5) is 27.3. The average Bonchev–Trinajstić information content (AvgIpc) is 2.96. The summed E-state index contributed by atoms with van der Waals surface area (Å²) < 4.78 is 19.1. The fraction of sp³-hybridized carbons (Fsp3) is 0.344. The fourth-order valence-electron chi connectivity index (χ4n) is 5.01. The van der Waals surface area contributed by atoms with E-state index < -0.39 is 18.5 Å². The topological polar surface area (TPSA) is 72.0 Å². The summed E-state index contributed by atoms with van der Waals surface area (Å²) in [7, 11) is 0. The Bertz CT molecular complexity index is 1510. The SMILES string of the molecule is CCOC(=O)COC(=O)c1ccccc1-c1c2ccc(=[N+](CC)CC)cc-2oc2cc(N(CC)CC)ccc12. The van der Waals surface area contributed by atoms with Gasteiger partial charge in [-0.1, -0.05) is 18.2 Å². The van der Waals surface area contributed by atoms with Crippen LogP contribution in [-0.2, 0) is 14.3 Å². The smallest absolute Gasteiger partial charge is 0.344 e. The van der Waals surface area contributed by atoms with Crippen LogP contribution in [0.15, 0.2) is 65.1 Å². The van der Waals surface area contributed by atoms with Crippen molar-refractivity contribution >= 4 is 28.6 Å². The van der Waals surface area contributed by atoms with E-state index in [0.29, 0.717) is 11.1 Å². The fourth-order valence-corrected chi connectivity index (χ4v) is 5.01. The molecule has 2 aliphatic rings. The van der Waals surface area contributed by atoms with E-state index in [4.69, 9.17) is 13.9 Å². The molecule has 0 spiro atoms. The molecule has 0 N–H and O–H groups in total.